The molecule has 204 valence electrons. The topological polar surface area (TPSA) is 134 Å². The number of β-lactam (4-membered cyclic amide) rings is 1. The van der Waals surface area contributed by atoms with Gasteiger partial charge in [0.25, 0.3) is 5.91 Å². The molecule has 5 rings (SSSR count). The molecule has 0 saturated carbocycles. The van der Waals surface area contributed by atoms with E-state index in [0.717, 1.165) is 11.1 Å². The van der Waals surface area contributed by atoms with Crippen molar-refractivity contribution in [3.63, 3.8) is 0 Å². The second-order valence-electron chi connectivity index (χ2n) is 9.48. The van der Waals surface area contributed by atoms with Gasteiger partial charge in [-0.05, 0) is 23.3 Å². The molecular weight excluding hydrogens is 520 g/mol. The van der Waals surface area contributed by atoms with Gasteiger partial charge in [-0.1, -0.05) is 92.7 Å². The maximum Gasteiger partial charge on any atom is 0.333 e. The fourth-order valence-corrected chi connectivity index (χ4v) is 6.52. The summed E-state index contributed by atoms with van der Waals surface area (Å²) in [5.74, 6) is -1.57. The van der Waals surface area contributed by atoms with Crippen LogP contribution in [0.4, 0.5) is 0 Å². The van der Waals surface area contributed by atoms with Crippen molar-refractivity contribution in [3.8, 4) is 5.75 Å². The van der Waals surface area contributed by atoms with Crippen molar-refractivity contribution in [2.24, 2.45) is 5.92 Å². The van der Waals surface area contributed by atoms with Crippen molar-refractivity contribution < 1.29 is 33.5 Å². The average Bonchev–Trinajstić information content (AvgIpc) is 3.20. The molecule has 0 bridgehead atoms. The molecule has 2 saturated heterocycles. The summed E-state index contributed by atoms with van der Waals surface area (Å²) < 4.78 is 25.5. The van der Waals surface area contributed by atoms with E-state index in [1.165, 1.54) is 4.90 Å². The molecule has 5 atom stereocenters. The molecule has 0 aromatic heterocycles. The molecule has 2 heterocycles. The van der Waals surface area contributed by atoms with Gasteiger partial charge in [0.2, 0.25) is 12.0 Å². The zero-order valence-electron chi connectivity index (χ0n) is 21.4. The van der Waals surface area contributed by atoms with Gasteiger partial charge in [-0.25, -0.2) is 4.79 Å². The summed E-state index contributed by atoms with van der Waals surface area (Å²) in [5, 5.41) is 0.694. The van der Waals surface area contributed by atoms with Crippen LogP contribution in [0, 0.1) is 5.92 Å². The van der Waals surface area contributed by atoms with Crippen LogP contribution in [0.25, 0.3) is 0 Å². The lowest BCUT2D eigenvalue weighted by Crippen LogP contribution is -2.68. The molecule has 39 heavy (non-hydrogen) atoms. The highest BCUT2D eigenvalue weighted by molar-refractivity contribution is 7.86. The van der Waals surface area contributed by atoms with Crippen LogP contribution in [0.1, 0.15) is 31.1 Å². The first-order valence-electron chi connectivity index (χ1n) is 12.4. The Morgan fingerprint density at radius 2 is 1.38 bits per heavy atom. The Kier molecular flexibility index (Phi) is 8.47. The lowest BCUT2D eigenvalue weighted by molar-refractivity contribution is -0.171. The molecule has 2 fully saturated rings. The van der Waals surface area contributed by atoms with Gasteiger partial charge in [0.15, 0.2) is 17.5 Å². The number of nitrogens with one attached hydrogen (secondary N) is 1. The first-order chi connectivity index (χ1) is 18.4. The molecule has 3 aromatic carbocycles. The van der Waals surface area contributed by atoms with E-state index >= 15 is 0 Å². The maximum absolute atomic E-state index is 13.8. The molecule has 1 unspecified atom stereocenters. The number of esters is 1. The summed E-state index contributed by atoms with van der Waals surface area (Å²) in [6.45, 7) is 3.39. The monoisotopic (exact) mass is 550 g/mol. The molecule has 3 N–H and O–H groups in total. The van der Waals surface area contributed by atoms with Gasteiger partial charge in [-0.15, -0.1) is 0 Å². The average molecular weight is 551 g/mol. The zero-order chi connectivity index (χ0) is 26.8. The Morgan fingerprint density at radius 1 is 0.872 bits per heavy atom. The normalized spacial score (nSPS) is 23.4. The Labute approximate surface area is 228 Å². The largest absolute Gasteiger partial charge is 0.477 e. The van der Waals surface area contributed by atoms with Crippen molar-refractivity contribution >= 4 is 28.6 Å². The van der Waals surface area contributed by atoms with E-state index in [9.17, 15) is 18.6 Å². The van der Waals surface area contributed by atoms with E-state index in [2.05, 4.69) is 5.32 Å². The number of hydrogen-bond donors (Lipinski definition) is 1. The number of para-hydroxylation sites is 1. The van der Waals surface area contributed by atoms with Gasteiger partial charge in [-0.3, -0.25) is 13.8 Å². The minimum absolute atomic E-state index is 0. The van der Waals surface area contributed by atoms with E-state index in [4.69, 9.17) is 9.47 Å². The molecule has 2 amide bonds. The van der Waals surface area contributed by atoms with Gasteiger partial charge in [0.05, 0.1) is 10.8 Å². The fourth-order valence-electron chi connectivity index (χ4n) is 4.62. The number of amides is 2. The van der Waals surface area contributed by atoms with E-state index in [1.54, 1.807) is 38.1 Å². The van der Waals surface area contributed by atoms with Gasteiger partial charge < -0.3 is 25.2 Å². The Morgan fingerprint density at radius 3 is 1.90 bits per heavy atom. The summed E-state index contributed by atoms with van der Waals surface area (Å²) >= 11 is 0. The number of nitrogens with zero attached hydrogens (tertiary/aromatic N) is 1. The minimum atomic E-state index is -1.82. The third-order valence-corrected chi connectivity index (χ3v) is 8.43. The highest BCUT2D eigenvalue weighted by Crippen LogP contribution is 2.40. The standard InChI is InChI=1S/C29H28N2O6S.H2O/c1-18(2)25(32)30-26-22(31-27(33)24(28(31)38(26)35)36-21-16-10-5-11-17-21)29(34)37-23(19-12-6-3-7-13-19)20-14-8-4-9-15-20;/h3-18,22-24,26,28H,1-2H3,(H,30,32);1H2/t22-,24-,26?,28-,38+;/m1./s1. The Balaban J connectivity index is 0.00000353. The van der Waals surface area contributed by atoms with Crippen LogP contribution in [0.15, 0.2) is 91.0 Å². The van der Waals surface area contributed by atoms with E-state index in [1.807, 2.05) is 66.7 Å². The number of hydrogen-bond acceptors (Lipinski definition) is 6. The number of carbonyl (C=O) groups excluding carboxylic acids is 3. The molecule has 10 heteroatoms. The van der Waals surface area contributed by atoms with Crippen LogP contribution in [0.3, 0.4) is 0 Å². The van der Waals surface area contributed by atoms with Gasteiger partial charge in [0.1, 0.15) is 11.1 Å². The quantitative estimate of drug-likeness (QED) is 0.338. The highest BCUT2D eigenvalue weighted by atomic mass is 32.2. The van der Waals surface area contributed by atoms with Crippen molar-refractivity contribution in [2.75, 3.05) is 0 Å². The summed E-state index contributed by atoms with van der Waals surface area (Å²) in [4.78, 5) is 40.9. The van der Waals surface area contributed by atoms with Crippen molar-refractivity contribution in [1.82, 2.24) is 10.2 Å². The Bertz CT molecular complexity index is 1300. The molecule has 0 radical (unpaired) electrons. The lowest BCUT2D eigenvalue weighted by Gasteiger charge is -2.42. The predicted molar refractivity (Wildman–Crippen MR) is 145 cm³/mol. The summed E-state index contributed by atoms with van der Waals surface area (Å²) in [6.07, 6.45) is -1.79. The third kappa shape index (κ3) is 5.43. The molecule has 9 nitrogen and oxygen atoms in total. The van der Waals surface area contributed by atoms with E-state index in [-0.39, 0.29) is 11.4 Å². The van der Waals surface area contributed by atoms with Gasteiger partial charge >= 0.3 is 5.97 Å². The number of rotatable bonds is 8. The molecular formula is C29H30N2O7S. The van der Waals surface area contributed by atoms with Crippen LogP contribution in [-0.4, -0.2) is 55.3 Å². The lowest BCUT2D eigenvalue weighted by atomic mass is 10.0. The number of carbonyl (C=O) groups is 3. The number of fused-ring (bicyclic) bond motifs is 1. The third-order valence-electron chi connectivity index (χ3n) is 6.60. The second kappa shape index (κ2) is 11.8. The molecule has 3 aromatic rings. The molecule has 2 aliphatic heterocycles. The van der Waals surface area contributed by atoms with Crippen LogP contribution in [0.2, 0.25) is 0 Å². The molecule has 0 aliphatic carbocycles. The van der Waals surface area contributed by atoms with Crippen LogP contribution in [0.5, 0.6) is 5.75 Å². The highest BCUT2D eigenvalue weighted by Gasteiger charge is 2.67. The van der Waals surface area contributed by atoms with Crippen LogP contribution < -0.4 is 10.1 Å². The number of ether oxygens (including phenoxy) is 2. The Hall–Kier alpha value is -4.02. The van der Waals surface area contributed by atoms with E-state index < -0.39 is 57.6 Å². The fraction of sp³-hybridized carbons (Fsp3) is 0.276. The van der Waals surface area contributed by atoms with Gasteiger partial charge in [0, 0.05) is 5.92 Å². The maximum atomic E-state index is 13.8. The van der Waals surface area contributed by atoms with Crippen LogP contribution in [-0.2, 0) is 29.9 Å². The second-order valence-corrected chi connectivity index (χ2v) is 11.1. The number of benzene rings is 3. The molecule has 0 spiro atoms. The minimum Gasteiger partial charge on any atom is -0.477 e. The zero-order valence-corrected chi connectivity index (χ0v) is 22.2. The first-order valence-corrected chi connectivity index (χ1v) is 13.7. The van der Waals surface area contributed by atoms with Gasteiger partial charge in [-0.2, -0.15) is 0 Å². The van der Waals surface area contributed by atoms with E-state index in [0.29, 0.717) is 5.75 Å². The van der Waals surface area contributed by atoms with Crippen molar-refractivity contribution in [3.05, 3.63) is 102 Å². The summed E-state index contributed by atoms with van der Waals surface area (Å²) in [5.41, 5.74) is 1.48. The summed E-state index contributed by atoms with van der Waals surface area (Å²) in [6, 6.07) is 25.9. The predicted octanol–water partition coefficient (Wildman–Crippen LogP) is 2.34. The SMILES string of the molecule is CC(C)C(=O)NC1[C@H](C(=O)OC(c2ccccc2)c2ccccc2)N2C(=O)[C@@H](Oc3ccccc3)[C@H]2[S@]1=O.O. The smallest absolute Gasteiger partial charge is 0.333 e. The van der Waals surface area contributed by atoms with Crippen molar-refractivity contribution in [2.45, 2.75) is 42.8 Å². The molecule has 2 aliphatic rings. The summed E-state index contributed by atoms with van der Waals surface area (Å²) in [7, 11) is -1.82. The van der Waals surface area contributed by atoms with Crippen molar-refractivity contribution in [1.29, 1.82) is 0 Å². The van der Waals surface area contributed by atoms with Crippen LogP contribution >= 0.6 is 0 Å². The first kappa shape index (κ1) is 28.0.